The lowest BCUT2D eigenvalue weighted by Crippen LogP contribution is -2.37. The van der Waals surface area contributed by atoms with E-state index < -0.39 is 20.5 Å². The van der Waals surface area contributed by atoms with Gasteiger partial charge in [-0.25, -0.2) is 8.42 Å². The van der Waals surface area contributed by atoms with Gasteiger partial charge in [-0.05, 0) is 6.92 Å². The Labute approximate surface area is 85.9 Å². The van der Waals surface area contributed by atoms with Crippen LogP contribution in [0.2, 0.25) is 0 Å². The minimum absolute atomic E-state index is 0.0588. The standard InChI is InChI=1S/C9H19NO3S/c1-6-14(12,13)7(2)8(10-11)9(3,4)5/h7,11H,6H2,1-5H3/b10-8+/t7-/m0/s1. The van der Waals surface area contributed by atoms with E-state index in [0.29, 0.717) is 5.71 Å². The van der Waals surface area contributed by atoms with E-state index >= 15 is 0 Å². The van der Waals surface area contributed by atoms with Gasteiger partial charge in [0.2, 0.25) is 0 Å². The predicted octanol–water partition coefficient (Wildman–Crippen LogP) is 1.69. The van der Waals surface area contributed by atoms with Crippen molar-refractivity contribution < 1.29 is 13.6 Å². The first-order chi connectivity index (χ1) is 6.16. The fraction of sp³-hybridized carbons (Fsp3) is 0.889. The molecule has 84 valence electrons. The topological polar surface area (TPSA) is 66.7 Å². The number of hydrogen-bond donors (Lipinski definition) is 1. The van der Waals surface area contributed by atoms with Crippen LogP contribution in [-0.2, 0) is 9.84 Å². The highest BCUT2D eigenvalue weighted by Gasteiger charge is 2.32. The second kappa shape index (κ2) is 4.29. The molecule has 0 saturated heterocycles. The summed E-state index contributed by atoms with van der Waals surface area (Å²) in [5, 5.41) is 11.2. The number of nitrogens with zero attached hydrogens (tertiary/aromatic N) is 1. The molecule has 0 aliphatic rings. The van der Waals surface area contributed by atoms with Crippen molar-refractivity contribution in [3.05, 3.63) is 0 Å². The molecule has 0 fully saturated rings. The van der Waals surface area contributed by atoms with E-state index in [-0.39, 0.29) is 5.75 Å². The fourth-order valence-corrected chi connectivity index (χ4v) is 2.50. The zero-order valence-electron chi connectivity index (χ0n) is 9.40. The Balaban J connectivity index is 5.13. The third-order valence-electron chi connectivity index (χ3n) is 2.20. The average molecular weight is 221 g/mol. The summed E-state index contributed by atoms with van der Waals surface area (Å²) in [6.45, 7) is 8.61. The van der Waals surface area contributed by atoms with Crippen LogP contribution in [0.1, 0.15) is 34.6 Å². The Bertz CT molecular complexity index is 311. The van der Waals surface area contributed by atoms with Crippen molar-refractivity contribution in [3.63, 3.8) is 0 Å². The molecule has 0 aliphatic carbocycles. The van der Waals surface area contributed by atoms with E-state index in [1.807, 2.05) is 20.8 Å². The Morgan fingerprint density at radius 3 is 2.07 bits per heavy atom. The van der Waals surface area contributed by atoms with Crippen LogP contribution in [0.15, 0.2) is 5.16 Å². The van der Waals surface area contributed by atoms with Gasteiger partial charge in [-0.15, -0.1) is 0 Å². The molecule has 0 unspecified atom stereocenters. The SMILES string of the molecule is CCS(=O)(=O)[C@@H](C)/C(=N\O)C(C)(C)C. The van der Waals surface area contributed by atoms with Gasteiger partial charge in [-0.2, -0.15) is 0 Å². The van der Waals surface area contributed by atoms with Crippen LogP contribution in [0, 0.1) is 5.41 Å². The molecular formula is C9H19NO3S. The first-order valence-electron chi connectivity index (χ1n) is 4.60. The Hall–Kier alpha value is -0.580. The van der Waals surface area contributed by atoms with E-state index in [9.17, 15) is 8.42 Å². The molecule has 0 aromatic heterocycles. The maximum absolute atomic E-state index is 11.6. The summed E-state index contributed by atoms with van der Waals surface area (Å²) in [7, 11) is -3.18. The Morgan fingerprint density at radius 1 is 1.43 bits per heavy atom. The van der Waals surface area contributed by atoms with Crippen molar-refractivity contribution in [1.82, 2.24) is 0 Å². The zero-order valence-corrected chi connectivity index (χ0v) is 10.2. The predicted molar refractivity (Wildman–Crippen MR) is 57.6 cm³/mol. The molecule has 0 radical (unpaired) electrons. The molecule has 5 heteroatoms. The summed E-state index contributed by atoms with van der Waals surface area (Å²) in [6, 6.07) is 0. The van der Waals surface area contributed by atoms with Crippen LogP contribution < -0.4 is 0 Å². The normalized spacial score (nSPS) is 16.8. The molecule has 0 bridgehead atoms. The lowest BCUT2D eigenvalue weighted by atomic mass is 9.88. The first-order valence-corrected chi connectivity index (χ1v) is 6.32. The van der Waals surface area contributed by atoms with Gasteiger partial charge >= 0.3 is 0 Å². The summed E-state index contributed by atoms with van der Waals surface area (Å²) < 4.78 is 23.1. The minimum Gasteiger partial charge on any atom is -0.411 e. The monoisotopic (exact) mass is 221 g/mol. The van der Waals surface area contributed by atoms with Crippen molar-refractivity contribution in [2.45, 2.75) is 39.9 Å². The highest BCUT2D eigenvalue weighted by atomic mass is 32.2. The van der Waals surface area contributed by atoms with E-state index in [4.69, 9.17) is 5.21 Å². The van der Waals surface area contributed by atoms with Gasteiger partial charge in [0.1, 0.15) is 5.25 Å². The highest BCUT2D eigenvalue weighted by Crippen LogP contribution is 2.22. The van der Waals surface area contributed by atoms with Crippen LogP contribution in [0.4, 0.5) is 0 Å². The molecule has 14 heavy (non-hydrogen) atoms. The molecule has 0 saturated carbocycles. The molecule has 0 rings (SSSR count). The molecule has 0 aromatic rings. The average Bonchev–Trinajstić information content (AvgIpc) is 2.03. The third kappa shape index (κ3) is 2.97. The van der Waals surface area contributed by atoms with Crippen molar-refractivity contribution in [2.75, 3.05) is 5.75 Å². The lowest BCUT2D eigenvalue weighted by molar-refractivity contribution is 0.309. The van der Waals surface area contributed by atoms with Crippen LogP contribution in [0.3, 0.4) is 0 Å². The van der Waals surface area contributed by atoms with Gasteiger partial charge in [-0.1, -0.05) is 32.9 Å². The molecule has 0 amide bonds. The van der Waals surface area contributed by atoms with E-state index in [1.54, 1.807) is 13.8 Å². The number of hydrogen-bond acceptors (Lipinski definition) is 4. The van der Waals surface area contributed by atoms with Gasteiger partial charge in [0, 0.05) is 11.2 Å². The second-order valence-corrected chi connectivity index (χ2v) is 6.94. The van der Waals surface area contributed by atoms with E-state index in [2.05, 4.69) is 5.16 Å². The number of rotatable bonds is 3. The molecule has 4 nitrogen and oxygen atoms in total. The van der Waals surface area contributed by atoms with E-state index in [1.165, 1.54) is 0 Å². The molecule has 0 heterocycles. The molecule has 0 aliphatic heterocycles. The number of sulfone groups is 1. The van der Waals surface area contributed by atoms with Gasteiger partial charge in [-0.3, -0.25) is 0 Å². The maximum atomic E-state index is 11.6. The van der Waals surface area contributed by atoms with E-state index in [0.717, 1.165) is 0 Å². The third-order valence-corrected chi connectivity index (χ3v) is 4.31. The maximum Gasteiger partial charge on any atom is 0.158 e. The molecular weight excluding hydrogens is 202 g/mol. The molecule has 0 spiro atoms. The molecule has 0 aromatic carbocycles. The van der Waals surface area contributed by atoms with Gasteiger partial charge in [0.25, 0.3) is 0 Å². The summed E-state index contributed by atoms with van der Waals surface area (Å²) in [4.78, 5) is 0. The van der Waals surface area contributed by atoms with Gasteiger partial charge in [0.15, 0.2) is 9.84 Å². The van der Waals surface area contributed by atoms with Gasteiger partial charge < -0.3 is 5.21 Å². The summed E-state index contributed by atoms with van der Waals surface area (Å²) >= 11 is 0. The van der Waals surface area contributed by atoms with Crippen molar-refractivity contribution >= 4 is 15.5 Å². The lowest BCUT2D eigenvalue weighted by Gasteiger charge is -2.24. The summed E-state index contributed by atoms with van der Waals surface area (Å²) in [6.07, 6.45) is 0. The smallest absolute Gasteiger partial charge is 0.158 e. The van der Waals surface area contributed by atoms with Gasteiger partial charge in [0.05, 0.1) is 5.71 Å². The van der Waals surface area contributed by atoms with Crippen LogP contribution >= 0.6 is 0 Å². The molecule has 1 N–H and O–H groups in total. The number of oxime groups is 1. The van der Waals surface area contributed by atoms with Crippen LogP contribution in [-0.4, -0.2) is 30.3 Å². The minimum atomic E-state index is -3.18. The summed E-state index contributed by atoms with van der Waals surface area (Å²) in [5.74, 6) is 0.0588. The van der Waals surface area contributed by atoms with Crippen molar-refractivity contribution in [3.8, 4) is 0 Å². The first kappa shape index (κ1) is 13.4. The van der Waals surface area contributed by atoms with Crippen molar-refractivity contribution in [1.29, 1.82) is 0 Å². The quantitative estimate of drug-likeness (QED) is 0.448. The summed E-state index contributed by atoms with van der Waals surface area (Å²) in [5.41, 5.74) is -0.129. The Morgan fingerprint density at radius 2 is 1.86 bits per heavy atom. The zero-order chi connectivity index (χ0) is 11.6. The van der Waals surface area contributed by atoms with Crippen molar-refractivity contribution in [2.24, 2.45) is 10.6 Å². The Kier molecular flexibility index (Phi) is 4.12. The molecule has 1 atom stereocenters. The highest BCUT2D eigenvalue weighted by molar-refractivity contribution is 7.92. The van der Waals surface area contributed by atoms with Crippen LogP contribution in [0.25, 0.3) is 0 Å². The van der Waals surface area contributed by atoms with Crippen LogP contribution in [0.5, 0.6) is 0 Å². The fourth-order valence-electron chi connectivity index (χ4n) is 1.26. The largest absolute Gasteiger partial charge is 0.411 e. The second-order valence-electron chi connectivity index (χ2n) is 4.33.